The van der Waals surface area contributed by atoms with Gasteiger partial charge in [0.1, 0.15) is 0 Å². The van der Waals surface area contributed by atoms with Gasteiger partial charge in [0.15, 0.2) is 0 Å². The molecule has 3 unspecified atom stereocenters. The van der Waals surface area contributed by atoms with Crippen LogP contribution in [-0.4, -0.2) is 29.6 Å². The van der Waals surface area contributed by atoms with Gasteiger partial charge >= 0.3 is 0 Å². The monoisotopic (exact) mass is 325 g/mol. The molecule has 1 saturated heterocycles. The van der Waals surface area contributed by atoms with Gasteiger partial charge in [-0.2, -0.15) is 0 Å². The molecule has 1 aliphatic rings. The first-order valence-corrected chi connectivity index (χ1v) is 7.99. The number of benzene rings is 1. The van der Waals surface area contributed by atoms with E-state index in [1.165, 1.54) is 19.5 Å². The topological polar surface area (TPSA) is 23.5 Å². The maximum Gasteiger partial charge on any atom is 0.0802 e. The maximum absolute atomic E-state index is 10.2. The molecule has 1 aliphatic heterocycles. The van der Waals surface area contributed by atoms with Crippen molar-refractivity contribution in [3.05, 3.63) is 34.3 Å². The molecule has 0 aromatic heterocycles. The Morgan fingerprint density at radius 1 is 1.21 bits per heavy atom. The molecule has 0 spiro atoms. The standard InChI is InChI=1S/C16H24BrNO/c1-12-9-13(2)11-18(10-12)8-7-16(19)14-3-5-15(17)6-4-14/h3-6,12-13,16,19H,7-11H2,1-2H3. The van der Waals surface area contributed by atoms with Crippen molar-refractivity contribution in [2.45, 2.75) is 32.8 Å². The van der Waals surface area contributed by atoms with E-state index in [4.69, 9.17) is 0 Å². The van der Waals surface area contributed by atoms with Crippen molar-refractivity contribution in [3.63, 3.8) is 0 Å². The smallest absolute Gasteiger partial charge is 0.0802 e. The molecule has 3 heteroatoms. The summed E-state index contributed by atoms with van der Waals surface area (Å²) in [6.45, 7) is 8.00. The molecule has 3 atom stereocenters. The lowest BCUT2D eigenvalue weighted by Crippen LogP contribution is -2.39. The highest BCUT2D eigenvalue weighted by Gasteiger charge is 2.22. The molecule has 1 fully saturated rings. The van der Waals surface area contributed by atoms with Crippen LogP contribution in [0.3, 0.4) is 0 Å². The summed E-state index contributed by atoms with van der Waals surface area (Å²) in [6, 6.07) is 7.97. The average Bonchev–Trinajstić information content (AvgIpc) is 2.36. The number of aliphatic hydroxyl groups excluding tert-OH is 1. The summed E-state index contributed by atoms with van der Waals surface area (Å²) in [4.78, 5) is 2.50. The zero-order chi connectivity index (χ0) is 13.8. The van der Waals surface area contributed by atoms with E-state index in [-0.39, 0.29) is 6.10 Å². The largest absolute Gasteiger partial charge is 0.388 e. The van der Waals surface area contributed by atoms with Gasteiger partial charge in [-0.1, -0.05) is 41.9 Å². The van der Waals surface area contributed by atoms with E-state index in [0.29, 0.717) is 0 Å². The molecule has 0 saturated carbocycles. The summed E-state index contributed by atoms with van der Waals surface area (Å²) in [7, 11) is 0. The Hall–Kier alpha value is -0.380. The molecule has 0 aliphatic carbocycles. The van der Waals surface area contributed by atoms with Crippen LogP contribution in [0.15, 0.2) is 28.7 Å². The van der Waals surface area contributed by atoms with Crippen molar-refractivity contribution in [2.24, 2.45) is 11.8 Å². The summed E-state index contributed by atoms with van der Waals surface area (Å²) in [5, 5.41) is 10.2. The van der Waals surface area contributed by atoms with Gasteiger partial charge in [0.05, 0.1) is 6.10 Å². The van der Waals surface area contributed by atoms with E-state index in [0.717, 1.165) is 34.8 Å². The van der Waals surface area contributed by atoms with Crippen LogP contribution in [0.5, 0.6) is 0 Å². The van der Waals surface area contributed by atoms with Crippen LogP contribution in [0.1, 0.15) is 38.4 Å². The number of halogens is 1. The number of likely N-dealkylation sites (tertiary alicyclic amines) is 1. The van der Waals surface area contributed by atoms with E-state index >= 15 is 0 Å². The first-order chi connectivity index (χ1) is 9.04. The van der Waals surface area contributed by atoms with Gasteiger partial charge in [-0.05, 0) is 42.4 Å². The first kappa shape index (κ1) is 15.0. The predicted octanol–water partition coefficient (Wildman–Crippen LogP) is 3.85. The van der Waals surface area contributed by atoms with Gasteiger partial charge in [0.2, 0.25) is 0 Å². The molecule has 0 bridgehead atoms. The van der Waals surface area contributed by atoms with Gasteiger partial charge < -0.3 is 10.0 Å². The molecule has 1 heterocycles. The average molecular weight is 326 g/mol. The minimum atomic E-state index is -0.347. The van der Waals surface area contributed by atoms with Crippen LogP contribution in [-0.2, 0) is 0 Å². The van der Waals surface area contributed by atoms with E-state index in [1.807, 2.05) is 24.3 Å². The summed E-state index contributed by atoms with van der Waals surface area (Å²) in [6.07, 6.45) is 1.81. The Morgan fingerprint density at radius 2 is 1.79 bits per heavy atom. The number of rotatable bonds is 4. The molecular formula is C16H24BrNO. The molecule has 106 valence electrons. The quantitative estimate of drug-likeness (QED) is 0.908. The van der Waals surface area contributed by atoms with Crippen LogP contribution in [0, 0.1) is 11.8 Å². The second-order valence-electron chi connectivity index (χ2n) is 6.06. The number of aliphatic hydroxyl groups is 1. The van der Waals surface area contributed by atoms with E-state index in [2.05, 4.69) is 34.7 Å². The Labute approximate surface area is 124 Å². The molecule has 0 amide bonds. The zero-order valence-electron chi connectivity index (χ0n) is 11.8. The Kier molecular flexibility index (Phi) is 5.43. The Bertz CT molecular complexity index is 382. The SMILES string of the molecule is CC1CC(C)CN(CCC(O)c2ccc(Br)cc2)C1. The van der Waals surface area contributed by atoms with Crippen LogP contribution >= 0.6 is 15.9 Å². The highest BCUT2D eigenvalue weighted by atomic mass is 79.9. The second kappa shape index (κ2) is 6.87. The summed E-state index contributed by atoms with van der Waals surface area (Å²) in [5.41, 5.74) is 1.02. The number of hydrogen-bond donors (Lipinski definition) is 1. The molecule has 1 aromatic carbocycles. The second-order valence-corrected chi connectivity index (χ2v) is 6.98. The number of hydrogen-bond acceptors (Lipinski definition) is 2. The van der Waals surface area contributed by atoms with Gasteiger partial charge in [-0.25, -0.2) is 0 Å². The zero-order valence-corrected chi connectivity index (χ0v) is 13.4. The molecule has 1 aromatic rings. The fourth-order valence-corrected chi connectivity index (χ4v) is 3.40. The highest BCUT2D eigenvalue weighted by Crippen LogP contribution is 2.23. The molecule has 2 rings (SSSR count). The molecular weight excluding hydrogens is 302 g/mol. The third-order valence-electron chi connectivity index (χ3n) is 3.92. The van der Waals surface area contributed by atoms with Crippen LogP contribution < -0.4 is 0 Å². The molecule has 0 radical (unpaired) electrons. The van der Waals surface area contributed by atoms with Gasteiger partial charge in [-0.3, -0.25) is 0 Å². The third kappa shape index (κ3) is 4.59. The van der Waals surface area contributed by atoms with Crippen molar-refractivity contribution in [2.75, 3.05) is 19.6 Å². The van der Waals surface area contributed by atoms with Crippen molar-refractivity contribution >= 4 is 15.9 Å². The fraction of sp³-hybridized carbons (Fsp3) is 0.625. The van der Waals surface area contributed by atoms with Gasteiger partial charge in [0, 0.05) is 24.1 Å². The van der Waals surface area contributed by atoms with Crippen LogP contribution in [0.2, 0.25) is 0 Å². The van der Waals surface area contributed by atoms with Crippen molar-refractivity contribution in [3.8, 4) is 0 Å². The molecule has 1 N–H and O–H groups in total. The summed E-state index contributed by atoms with van der Waals surface area (Å²) < 4.78 is 1.06. The Balaban J connectivity index is 1.83. The van der Waals surface area contributed by atoms with Crippen molar-refractivity contribution in [1.82, 2.24) is 4.90 Å². The number of nitrogens with zero attached hydrogens (tertiary/aromatic N) is 1. The summed E-state index contributed by atoms with van der Waals surface area (Å²) >= 11 is 3.42. The number of piperidine rings is 1. The first-order valence-electron chi connectivity index (χ1n) is 7.20. The minimum Gasteiger partial charge on any atom is -0.388 e. The van der Waals surface area contributed by atoms with E-state index < -0.39 is 0 Å². The lowest BCUT2D eigenvalue weighted by atomic mass is 9.91. The minimum absolute atomic E-state index is 0.347. The summed E-state index contributed by atoms with van der Waals surface area (Å²) in [5.74, 6) is 1.57. The van der Waals surface area contributed by atoms with Crippen LogP contribution in [0.4, 0.5) is 0 Å². The van der Waals surface area contributed by atoms with Gasteiger partial charge in [0.25, 0.3) is 0 Å². The fourth-order valence-electron chi connectivity index (χ4n) is 3.13. The predicted molar refractivity (Wildman–Crippen MR) is 83.1 cm³/mol. The lowest BCUT2D eigenvalue weighted by Gasteiger charge is -2.35. The van der Waals surface area contributed by atoms with Crippen LogP contribution in [0.25, 0.3) is 0 Å². The van der Waals surface area contributed by atoms with Crippen molar-refractivity contribution < 1.29 is 5.11 Å². The maximum atomic E-state index is 10.2. The lowest BCUT2D eigenvalue weighted by molar-refractivity contribution is 0.103. The third-order valence-corrected chi connectivity index (χ3v) is 4.45. The van der Waals surface area contributed by atoms with E-state index in [9.17, 15) is 5.11 Å². The highest BCUT2D eigenvalue weighted by molar-refractivity contribution is 9.10. The van der Waals surface area contributed by atoms with E-state index in [1.54, 1.807) is 0 Å². The van der Waals surface area contributed by atoms with Gasteiger partial charge in [-0.15, -0.1) is 0 Å². The molecule has 19 heavy (non-hydrogen) atoms. The normalized spacial score (nSPS) is 26.3. The molecule has 2 nitrogen and oxygen atoms in total. The Morgan fingerprint density at radius 3 is 2.37 bits per heavy atom. The van der Waals surface area contributed by atoms with Crippen molar-refractivity contribution in [1.29, 1.82) is 0 Å².